The summed E-state index contributed by atoms with van der Waals surface area (Å²) in [6.45, 7) is 13.2. The van der Waals surface area contributed by atoms with Gasteiger partial charge < -0.3 is 5.32 Å². The lowest BCUT2D eigenvalue weighted by atomic mass is 9.74. The Balaban J connectivity index is 2.88. The highest BCUT2D eigenvalue weighted by Gasteiger charge is 2.30. The van der Waals surface area contributed by atoms with Gasteiger partial charge in [0.15, 0.2) is 0 Å². The standard InChI is InChI=1S/C15H28ClN3/c1-7-8-17-10-15(5,11(2)3)9-13-12(4)18-19(6)14(13)16/h11,17H,7-10H2,1-6H3. The minimum absolute atomic E-state index is 0.201. The fourth-order valence-corrected chi connectivity index (χ4v) is 2.54. The molecule has 1 heterocycles. The third-order valence-corrected chi connectivity index (χ3v) is 4.67. The molecule has 0 aromatic carbocycles. The molecule has 19 heavy (non-hydrogen) atoms. The molecule has 0 spiro atoms. The first-order chi connectivity index (χ1) is 8.81. The molecule has 0 aliphatic heterocycles. The number of hydrogen-bond acceptors (Lipinski definition) is 2. The summed E-state index contributed by atoms with van der Waals surface area (Å²) in [5.41, 5.74) is 2.45. The Morgan fingerprint density at radius 3 is 2.47 bits per heavy atom. The van der Waals surface area contributed by atoms with Crippen LogP contribution in [0, 0.1) is 18.3 Å². The second-order valence-electron chi connectivity index (χ2n) is 6.14. The Hall–Kier alpha value is -0.540. The molecule has 0 saturated carbocycles. The van der Waals surface area contributed by atoms with Crippen molar-refractivity contribution < 1.29 is 0 Å². The van der Waals surface area contributed by atoms with Gasteiger partial charge in [-0.05, 0) is 37.6 Å². The van der Waals surface area contributed by atoms with E-state index in [4.69, 9.17) is 11.6 Å². The summed E-state index contributed by atoms with van der Waals surface area (Å²) in [4.78, 5) is 0. The second-order valence-corrected chi connectivity index (χ2v) is 6.50. The average molecular weight is 286 g/mol. The minimum atomic E-state index is 0.201. The van der Waals surface area contributed by atoms with E-state index in [-0.39, 0.29) is 5.41 Å². The Morgan fingerprint density at radius 1 is 1.42 bits per heavy atom. The Morgan fingerprint density at radius 2 is 2.05 bits per heavy atom. The van der Waals surface area contributed by atoms with Crippen LogP contribution in [0.4, 0.5) is 0 Å². The highest BCUT2D eigenvalue weighted by Crippen LogP contribution is 2.34. The fourth-order valence-electron chi connectivity index (χ4n) is 2.30. The molecule has 0 radical (unpaired) electrons. The summed E-state index contributed by atoms with van der Waals surface area (Å²) in [7, 11) is 1.90. The number of aryl methyl sites for hydroxylation is 2. The third-order valence-electron chi connectivity index (χ3n) is 4.20. The number of hydrogen-bond donors (Lipinski definition) is 1. The maximum absolute atomic E-state index is 6.37. The molecule has 0 saturated heterocycles. The summed E-state index contributed by atoms with van der Waals surface area (Å²) >= 11 is 6.37. The molecule has 1 unspecified atom stereocenters. The van der Waals surface area contributed by atoms with Crippen LogP contribution in [0.5, 0.6) is 0 Å². The second kappa shape index (κ2) is 6.76. The minimum Gasteiger partial charge on any atom is -0.316 e. The van der Waals surface area contributed by atoms with Crippen LogP contribution in [-0.4, -0.2) is 22.9 Å². The van der Waals surface area contributed by atoms with Crippen molar-refractivity contribution in [3.63, 3.8) is 0 Å². The van der Waals surface area contributed by atoms with Gasteiger partial charge in [-0.15, -0.1) is 0 Å². The number of rotatable bonds is 7. The summed E-state index contributed by atoms with van der Waals surface area (Å²) in [6.07, 6.45) is 2.14. The molecule has 1 N–H and O–H groups in total. The van der Waals surface area contributed by atoms with E-state index in [9.17, 15) is 0 Å². The quantitative estimate of drug-likeness (QED) is 0.776. The van der Waals surface area contributed by atoms with Crippen molar-refractivity contribution in [2.75, 3.05) is 13.1 Å². The van der Waals surface area contributed by atoms with Gasteiger partial charge in [-0.2, -0.15) is 5.10 Å². The average Bonchev–Trinajstić information content (AvgIpc) is 2.56. The first-order valence-electron chi connectivity index (χ1n) is 7.20. The fraction of sp³-hybridized carbons (Fsp3) is 0.800. The van der Waals surface area contributed by atoms with E-state index < -0.39 is 0 Å². The van der Waals surface area contributed by atoms with Crippen molar-refractivity contribution in [2.24, 2.45) is 18.4 Å². The van der Waals surface area contributed by atoms with Crippen molar-refractivity contribution in [1.29, 1.82) is 0 Å². The van der Waals surface area contributed by atoms with E-state index in [1.165, 1.54) is 12.0 Å². The van der Waals surface area contributed by atoms with Gasteiger partial charge in [-0.25, -0.2) is 0 Å². The number of nitrogens with zero attached hydrogens (tertiary/aromatic N) is 2. The Labute approximate surface area is 122 Å². The summed E-state index contributed by atoms with van der Waals surface area (Å²) < 4.78 is 1.77. The Kier molecular flexibility index (Phi) is 5.87. The molecule has 4 heteroatoms. The lowest BCUT2D eigenvalue weighted by Crippen LogP contribution is -2.38. The molecular weight excluding hydrogens is 258 g/mol. The SMILES string of the molecule is CCCNCC(C)(Cc1c(C)nn(C)c1Cl)C(C)C. The van der Waals surface area contributed by atoms with Crippen LogP contribution in [-0.2, 0) is 13.5 Å². The van der Waals surface area contributed by atoms with Gasteiger partial charge >= 0.3 is 0 Å². The molecule has 0 aliphatic rings. The van der Waals surface area contributed by atoms with Gasteiger partial charge in [0.1, 0.15) is 5.15 Å². The van der Waals surface area contributed by atoms with Gasteiger partial charge in [0, 0.05) is 19.2 Å². The molecular formula is C15H28ClN3. The molecule has 1 aromatic rings. The molecule has 0 fully saturated rings. The van der Waals surface area contributed by atoms with Gasteiger partial charge in [-0.3, -0.25) is 4.68 Å². The zero-order chi connectivity index (χ0) is 14.6. The van der Waals surface area contributed by atoms with E-state index in [0.717, 1.165) is 30.4 Å². The zero-order valence-electron chi connectivity index (χ0n) is 13.2. The molecule has 1 rings (SSSR count). The van der Waals surface area contributed by atoms with E-state index in [0.29, 0.717) is 5.92 Å². The highest BCUT2D eigenvalue weighted by atomic mass is 35.5. The summed E-state index contributed by atoms with van der Waals surface area (Å²) in [6, 6.07) is 0. The van der Waals surface area contributed by atoms with Crippen LogP contribution in [0.1, 0.15) is 45.4 Å². The monoisotopic (exact) mass is 285 g/mol. The number of halogens is 1. The molecule has 110 valence electrons. The van der Waals surface area contributed by atoms with Gasteiger partial charge in [0.25, 0.3) is 0 Å². The van der Waals surface area contributed by atoms with Crippen LogP contribution in [0.2, 0.25) is 5.15 Å². The van der Waals surface area contributed by atoms with E-state index in [1.807, 2.05) is 14.0 Å². The molecule has 0 bridgehead atoms. The van der Waals surface area contributed by atoms with E-state index in [2.05, 4.69) is 38.1 Å². The van der Waals surface area contributed by atoms with Crippen molar-refractivity contribution in [3.8, 4) is 0 Å². The van der Waals surface area contributed by atoms with Crippen molar-refractivity contribution in [3.05, 3.63) is 16.4 Å². The van der Waals surface area contributed by atoms with Crippen LogP contribution >= 0.6 is 11.6 Å². The Bertz CT molecular complexity index is 412. The molecule has 0 amide bonds. The maximum Gasteiger partial charge on any atom is 0.130 e. The van der Waals surface area contributed by atoms with E-state index in [1.54, 1.807) is 4.68 Å². The zero-order valence-corrected chi connectivity index (χ0v) is 13.9. The number of nitrogens with one attached hydrogen (secondary N) is 1. The van der Waals surface area contributed by atoms with Gasteiger partial charge in [0.2, 0.25) is 0 Å². The smallest absolute Gasteiger partial charge is 0.130 e. The lowest BCUT2D eigenvalue weighted by Gasteiger charge is -2.34. The van der Waals surface area contributed by atoms with Crippen molar-refractivity contribution in [1.82, 2.24) is 15.1 Å². The van der Waals surface area contributed by atoms with Gasteiger partial charge in [-0.1, -0.05) is 39.3 Å². The predicted molar refractivity (Wildman–Crippen MR) is 82.8 cm³/mol. The number of aromatic nitrogens is 2. The largest absolute Gasteiger partial charge is 0.316 e. The van der Waals surface area contributed by atoms with Crippen LogP contribution in [0.3, 0.4) is 0 Å². The topological polar surface area (TPSA) is 29.9 Å². The summed E-state index contributed by atoms with van der Waals surface area (Å²) in [5.74, 6) is 0.590. The van der Waals surface area contributed by atoms with Crippen molar-refractivity contribution in [2.45, 2.75) is 47.5 Å². The first-order valence-corrected chi connectivity index (χ1v) is 7.58. The molecule has 0 aliphatic carbocycles. The third kappa shape index (κ3) is 3.96. The molecule has 1 aromatic heterocycles. The van der Waals surface area contributed by atoms with E-state index >= 15 is 0 Å². The summed E-state index contributed by atoms with van der Waals surface area (Å²) in [5, 5.41) is 8.75. The van der Waals surface area contributed by atoms with Crippen LogP contribution < -0.4 is 5.32 Å². The predicted octanol–water partition coefficient (Wildman–Crippen LogP) is 3.59. The first kappa shape index (κ1) is 16.5. The molecule has 1 atom stereocenters. The lowest BCUT2D eigenvalue weighted by molar-refractivity contribution is 0.207. The van der Waals surface area contributed by atoms with Crippen LogP contribution in [0.25, 0.3) is 0 Å². The van der Waals surface area contributed by atoms with Crippen molar-refractivity contribution >= 4 is 11.6 Å². The maximum atomic E-state index is 6.37. The molecule has 3 nitrogen and oxygen atoms in total. The van der Waals surface area contributed by atoms with Crippen LogP contribution in [0.15, 0.2) is 0 Å². The highest BCUT2D eigenvalue weighted by molar-refractivity contribution is 6.30. The normalized spacial score (nSPS) is 14.9. The van der Waals surface area contributed by atoms with Gasteiger partial charge in [0.05, 0.1) is 5.69 Å².